The van der Waals surface area contributed by atoms with Crippen LogP contribution in [0.5, 0.6) is 0 Å². The normalized spacial score (nSPS) is 20.0. The van der Waals surface area contributed by atoms with E-state index in [0.717, 1.165) is 48.9 Å². The topological polar surface area (TPSA) is 105 Å². The van der Waals surface area contributed by atoms with Crippen LogP contribution in [-0.2, 0) is 11.2 Å². The monoisotopic (exact) mass is 573 g/mol. The van der Waals surface area contributed by atoms with E-state index in [2.05, 4.69) is 46.1 Å². The van der Waals surface area contributed by atoms with Gasteiger partial charge in [0.1, 0.15) is 5.60 Å². The molecule has 0 bridgehead atoms. The fraction of sp³-hybridized carbons (Fsp3) is 0.375. The van der Waals surface area contributed by atoms with E-state index in [4.69, 9.17) is 21.3 Å². The van der Waals surface area contributed by atoms with Crippen molar-refractivity contribution < 1.29 is 14.3 Å². The van der Waals surface area contributed by atoms with Gasteiger partial charge in [0.15, 0.2) is 0 Å². The highest BCUT2D eigenvalue weighted by Crippen LogP contribution is 2.36. The molecule has 214 valence electrons. The zero-order valence-corrected chi connectivity index (χ0v) is 24.6. The zero-order valence-electron chi connectivity index (χ0n) is 23.9. The van der Waals surface area contributed by atoms with E-state index < -0.39 is 17.2 Å². The number of allylic oxidation sites excluding steroid dienone is 1. The Balaban J connectivity index is 1.21. The van der Waals surface area contributed by atoms with E-state index in [-0.39, 0.29) is 11.9 Å². The summed E-state index contributed by atoms with van der Waals surface area (Å²) in [4.78, 5) is 34.4. The second-order valence-electron chi connectivity index (χ2n) is 12.0. The van der Waals surface area contributed by atoms with Crippen molar-refractivity contribution in [1.29, 1.82) is 0 Å². The van der Waals surface area contributed by atoms with Gasteiger partial charge in [-0.2, -0.15) is 0 Å². The van der Waals surface area contributed by atoms with Crippen molar-refractivity contribution in [3.63, 3.8) is 0 Å². The Hall–Kier alpha value is -3.91. The van der Waals surface area contributed by atoms with Gasteiger partial charge in [-0.05, 0) is 95.2 Å². The lowest BCUT2D eigenvalue weighted by atomic mass is 9.80. The van der Waals surface area contributed by atoms with Gasteiger partial charge in [0.25, 0.3) is 5.91 Å². The van der Waals surface area contributed by atoms with Gasteiger partial charge < -0.3 is 15.4 Å². The third-order valence-electron chi connectivity index (χ3n) is 7.35. The smallest absolute Gasteiger partial charge is 0.412 e. The number of fused-ring (bicyclic) bond motifs is 1. The van der Waals surface area contributed by atoms with Crippen molar-refractivity contribution in [3.8, 4) is 0 Å². The molecule has 1 fully saturated rings. The quantitative estimate of drug-likeness (QED) is 0.293. The standard InChI is InChI=1S/C32H36ClN5O3/c1-31(2,3)41-30(40)36-22-14-11-21(12-15-22)28(39)38-32(4)17-7-9-23(18-32)35-29-34-19-26(33)27(37-29)25-16-13-20-8-5-6-10-24(20)25/h5-6,8,10-12,14-16,19,23H,7,9,13,17-18H2,1-4H3,(H,36,40)(H,38,39)(H,34,35,37)/t23-,32+/m1/s1. The maximum atomic E-state index is 13.1. The first kappa shape index (κ1) is 28.6. The molecule has 0 radical (unpaired) electrons. The van der Waals surface area contributed by atoms with Crippen LogP contribution in [0.1, 0.15) is 80.6 Å². The van der Waals surface area contributed by atoms with Gasteiger partial charge in [0, 0.05) is 28.4 Å². The van der Waals surface area contributed by atoms with Gasteiger partial charge in [-0.25, -0.2) is 14.8 Å². The fourth-order valence-electron chi connectivity index (χ4n) is 5.51. The fourth-order valence-corrected chi connectivity index (χ4v) is 5.70. The molecule has 1 saturated carbocycles. The van der Waals surface area contributed by atoms with E-state index >= 15 is 0 Å². The third-order valence-corrected chi connectivity index (χ3v) is 7.63. The number of anilines is 2. The van der Waals surface area contributed by atoms with Crippen LogP contribution < -0.4 is 16.0 Å². The molecule has 0 saturated heterocycles. The molecule has 2 aliphatic carbocycles. The molecule has 0 aliphatic heterocycles. The Morgan fingerprint density at radius 2 is 1.85 bits per heavy atom. The largest absolute Gasteiger partial charge is 0.444 e. The number of carbonyl (C=O) groups is 2. The number of halogens is 1. The maximum absolute atomic E-state index is 13.1. The minimum absolute atomic E-state index is 0.0910. The van der Waals surface area contributed by atoms with Gasteiger partial charge >= 0.3 is 6.09 Å². The summed E-state index contributed by atoms with van der Waals surface area (Å²) in [5.74, 6) is 0.372. The summed E-state index contributed by atoms with van der Waals surface area (Å²) in [6.45, 7) is 7.49. The summed E-state index contributed by atoms with van der Waals surface area (Å²) in [5.41, 5.74) is 4.26. The first-order valence-electron chi connectivity index (χ1n) is 14.0. The van der Waals surface area contributed by atoms with E-state index in [1.165, 1.54) is 5.56 Å². The molecule has 1 aromatic heterocycles. The van der Waals surface area contributed by atoms with E-state index in [1.807, 2.05) is 12.1 Å². The minimum atomic E-state index is -0.589. The number of carbonyl (C=O) groups excluding carboxylic acids is 2. The molecule has 5 rings (SSSR count). The zero-order chi connectivity index (χ0) is 29.2. The van der Waals surface area contributed by atoms with E-state index in [1.54, 1.807) is 51.2 Å². The molecule has 9 heteroatoms. The molecular formula is C32H36ClN5O3. The molecule has 1 heterocycles. The highest BCUT2D eigenvalue weighted by atomic mass is 35.5. The van der Waals surface area contributed by atoms with Gasteiger partial charge in [0.05, 0.1) is 16.9 Å². The van der Waals surface area contributed by atoms with Crippen LogP contribution >= 0.6 is 11.6 Å². The molecule has 3 N–H and O–H groups in total. The van der Waals surface area contributed by atoms with Crippen molar-refractivity contribution in [2.45, 2.75) is 77.0 Å². The van der Waals surface area contributed by atoms with Crippen molar-refractivity contribution in [2.24, 2.45) is 0 Å². The second kappa shape index (κ2) is 11.5. The van der Waals surface area contributed by atoms with Crippen molar-refractivity contribution in [2.75, 3.05) is 10.6 Å². The number of nitrogens with zero attached hydrogens (tertiary/aromatic N) is 2. The van der Waals surface area contributed by atoms with Crippen LogP contribution in [0.4, 0.5) is 16.4 Å². The molecular weight excluding hydrogens is 538 g/mol. The summed E-state index contributed by atoms with van der Waals surface area (Å²) in [6.07, 6.45) is 7.63. The number of hydrogen-bond acceptors (Lipinski definition) is 6. The molecule has 3 aromatic rings. The Labute approximate surface area is 246 Å². The van der Waals surface area contributed by atoms with E-state index in [0.29, 0.717) is 22.2 Å². The number of benzene rings is 2. The summed E-state index contributed by atoms with van der Waals surface area (Å²) in [5, 5.41) is 9.93. The van der Waals surface area contributed by atoms with Crippen LogP contribution in [0.2, 0.25) is 5.02 Å². The summed E-state index contributed by atoms with van der Waals surface area (Å²) in [6, 6.07) is 15.2. The predicted molar refractivity (Wildman–Crippen MR) is 162 cm³/mol. The van der Waals surface area contributed by atoms with Crippen molar-refractivity contribution in [1.82, 2.24) is 15.3 Å². The lowest BCUT2D eigenvalue weighted by molar-refractivity contribution is 0.0635. The summed E-state index contributed by atoms with van der Waals surface area (Å²) >= 11 is 6.54. The lowest BCUT2D eigenvalue weighted by Gasteiger charge is -2.39. The van der Waals surface area contributed by atoms with Gasteiger partial charge in [-0.15, -0.1) is 0 Å². The first-order chi connectivity index (χ1) is 19.5. The highest BCUT2D eigenvalue weighted by Gasteiger charge is 2.34. The van der Waals surface area contributed by atoms with Crippen LogP contribution in [0.25, 0.3) is 5.57 Å². The number of nitrogens with one attached hydrogen (secondary N) is 3. The van der Waals surface area contributed by atoms with E-state index in [9.17, 15) is 9.59 Å². The molecule has 8 nitrogen and oxygen atoms in total. The average molecular weight is 574 g/mol. The van der Waals surface area contributed by atoms with Crippen LogP contribution in [0.15, 0.2) is 60.8 Å². The molecule has 2 aromatic carbocycles. The number of rotatable bonds is 6. The molecule has 2 aliphatic rings. The number of ether oxygens (including phenoxy) is 1. The summed E-state index contributed by atoms with van der Waals surface area (Å²) in [7, 11) is 0. The summed E-state index contributed by atoms with van der Waals surface area (Å²) < 4.78 is 5.28. The molecule has 2 atom stereocenters. The SMILES string of the molecule is CC(C)(C)OC(=O)Nc1ccc(C(=O)N[C@@]2(C)CCC[C@@H](Nc3ncc(Cl)c(C4=CCc5ccccc54)n3)C2)cc1. The molecule has 41 heavy (non-hydrogen) atoms. The number of aromatic nitrogens is 2. The Bertz CT molecular complexity index is 1480. The second-order valence-corrected chi connectivity index (χ2v) is 12.4. The van der Waals surface area contributed by atoms with Gasteiger partial charge in [0.2, 0.25) is 5.95 Å². The van der Waals surface area contributed by atoms with Gasteiger partial charge in [-0.3, -0.25) is 10.1 Å². The first-order valence-corrected chi connectivity index (χ1v) is 14.4. The molecule has 0 spiro atoms. The maximum Gasteiger partial charge on any atom is 0.412 e. The van der Waals surface area contributed by atoms with Crippen LogP contribution in [0, 0.1) is 0 Å². The highest BCUT2D eigenvalue weighted by molar-refractivity contribution is 6.32. The minimum Gasteiger partial charge on any atom is -0.444 e. The molecule has 0 unspecified atom stereocenters. The van der Waals surface area contributed by atoms with Crippen LogP contribution in [-0.4, -0.2) is 39.2 Å². The number of hydrogen-bond donors (Lipinski definition) is 3. The average Bonchev–Trinajstić information content (AvgIpc) is 3.33. The predicted octanol–water partition coefficient (Wildman–Crippen LogP) is 7.01. The lowest BCUT2D eigenvalue weighted by Crippen LogP contribution is -2.51. The Kier molecular flexibility index (Phi) is 8.04. The number of amides is 2. The Morgan fingerprint density at radius 1 is 1.10 bits per heavy atom. The third kappa shape index (κ3) is 7.06. The van der Waals surface area contributed by atoms with Crippen molar-refractivity contribution in [3.05, 3.63) is 88.2 Å². The van der Waals surface area contributed by atoms with Crippen molar-refractivity contribution >= 4 is 40.8 Å². The molecule has 2 amide bonds. The van der Waals surface area contributed by atoms with Crippen LogP contribution in [0.3, 0.4) is 0 Å². The Morgan fingerprint density at radius 3 is 2.61 bits per heavy atom. The van der Waals surface area contributed by atoms with Gasteiger partial charge in [-0.1, -0.05) is 41.9 Å².